The highest BCUT2D eigenvalue weighted by Crippen LogP contribution is 2.26. The van der Waals surface area contributed by atoms with Gasteiger partial charge < -0.3 is 10.6 Å². The van der Waals surface area contributed by atoms with Crippen molar-refractivity contribution in [2.24, 2.45) is 0 Å². The number of aryl methyl sites for hydroxylation is 1. The number of halogens is 1. The zero-order chi connectivity index (χ0) is 15.4. The molecule has 0 saturated heterocycles. The van der Waals surface area contributed by atoms with E-state index in [1.54, 1.807) is 23.1 Å². The summed E-state index contributed by atoms with van der Waals surface area (Å²) in [6.45, 7) is 4.55. The van der Waals surface area contributed by atoms with Crippen molar-refractivity contribution in [2.75, 3.05) is 17.2 Å². The molecule has 1 amide bonds. The summed E-state index contributed by atoms with van der Waals surface area (Å²) < 4.78 is 0. The second kappa shape index (κ2) is 6.64. The van der Waals surface area contributed by atoms with Crippen LogP contribution in [0, 0.1) is 6.92 Å². The van der Waals surface area contributed by atoms with Crippen molar-refractivity contribution in [1.29, 1.82) is 0 Å². The average molecular weight is 303 g/mol. The molecule has 0 heterocycles. The van der Waals surface area contributed by atoms with Crippen molar-refractivity contribution in [2.45, 2.75) is 20.3 Å². The Hall–Kier alpha value is -2.00. The van der Waals surface area contributed by atoms with Crippen molar-refractivity contribution >= 4 is 28.9 Å². The van der Waals surface area contributed by atoms with E-state index in [-0.39, 0.29) is 5.91 Å². The van der Waals surface area contributed by atoms with Crippen molar-refractivity contribution in [1.82, 2.24) is 0 Å². The summed E-state index contributed by atoms with van der Waals surface area (Å²) in [6, 6.07) is 12.8. The van der Waals surface area contributed by atoms with E-state index in [2.05, 4.69) is 0 Å². The largest absolute Gasteiger partial charge is 0.397 e. The molecule has 0 bridgehead atoms. The van der Waals surface area contributed by atoms with Gasteiger partial charge >= 0.3 is 0 Å². The van der Waals surface area contributed by atoms with Gasteiger partial charge in [0.15, 0.2) is 0 Å². The Morgan fingerprint density at radius 1 is 1.24 bits per heavy atom. The number of nitrogen functional groups attached to an aromatic ring is 1. The van der Waals surface area contributed by atoms with Crippen LogP contribution in [0.2, 0.25) is 5.02 Å². The SMILES string of the molecule is CCCN(C(=O)c1cc(Cl)ccc1C)c1ccccc1N. The van der Waals surface area contributed by atoms with Crippen LogP contribution in [0.3, 0.4) is 0 Å². The standard InChI is InChI=1S/C17H19ClN2O/c1-3-10-20(16-7-5-4-6-15(16)19)17(21)14-11-13(18)9-8-12(14)2/h4-9,11H,3,10,19H2,1-2H3. The van der Waals surface area contributed by atoms with Gasteiger partial charge in [-0.25, -0.2) is 0 Å². The number of anilines is 2. The monoisotopic (exact) mass is 302 g/mol. The van der Waals surface area contributed by atoms with E-state index < -0.39 is 0 Å². The lowest BCUT2D eigenvalue weighted by atomic mass is 10.1. The predicted molar refractivity (Wildman–Crippen MR) is 89.0 cm³/mol. The van der Waals surface area contributed by atoms with E-state index in [0.717, 1.165) is 17.7 Å². The number of hydrogen-bond donors (Lipinski definition) is 1. The average Bonchev–Trinajstić information content (AvgIpc) is 2.47. The van der Waals surface area contributed by atoms with Gasteiger partial charge in [0.25, 0.3) is 5.91 Å². The molecule has 2 N–H and O–H groups in total. The Morgan fingerprint density at radius 2 is 1.95 bits per heavy atom. The minimum atomic E-state index is -0.0743. The van der Waals surface area contributed by atoms with Crippen molar-refractivity contribution < 1.29 is 4.79 Å². The Labute approximate surface area is 130 Å². The van der Waals surface area contributed by atoms with Crippen molar-refractivity contribution in [3.8, 4) is 0 Å². The molecule has 21 heavy (non-hydrogen) atoms. The molecule has 4 heteroatoms. The summed E-state index contributed by atoms with van der Waals surface area (Å²) >= 11 is 6.02. The summed E-state index contributed by atoms with van der Waals surface area (Å²) in [5.41, 5.74) is 8.86. The van der Waals surface area contributed by atoms with Gasteiger partial charge in [-0.1, -0.05) is 36.7 Å². The summed E-state index contributed by atoms with van der Waals surface area (Å²) in [7, 11) is 0. The number of nitrogens with zero attached hydrogens (tertiary/aromatic N) is 1. The highest BCUT2D eigenvalue weighted by Gasteiger charge is 2.20. The van der Waals surface area contributed by atoms with Crippen LogP contribution in [0.4, 0.5) is 11.4 Å². The number of amides is 1. The summed E-state index contributed by atoms with van der Waals surface area (Å²) in [6.07, 6.45) is 0.847. The van der Waals surface area contributed by atoms with E-state index >= 15 is 0 Å². The van der Waals surface area contributed by atoms with Gasteiger partial charge in [0.1, 0.15) is 0 Å². The zero-order valence-corrected chi connectivity index (χ0v) is 13.0. The van der Waals surface area contributed by atoms with Gasteiger partial charge in [-0.15, -0.1) is 0 Å². The quantitative estimate of drug-likeness (QED) is 0.857. The molecule has 110 valence electrons. The third kappa shape index (κ3) is 3.37. The van der Waals surface area contributed by atoms with Crippen LogP contribution in [0.15, 0.2) is 42.5 Å². The number of carbonyl (C=O) groups is 1. The predicted octanol–water partition coefficient (Wildman–Crippen LogP) is 4.29. The summed E-state index contributed by atoms with van der Waals surface area (Å²) in [5, 5.41) is 0.557. The maximum atomic E-state index is 12.9. The minimum Gasteiger partial charge on any atom is -0.397 e. The van der Waals surface area contributed by atoms with Gasteiger partial charge in [-0.05, 0) is 43.2 Å². The number of carbonyl (C=O) groups excluding carboxylic acids is 1. The zero-order valence-electron chi connectivity index (χ0n) is 12.3. The molecule has 0 atom stereocenters. The highest BCUT2D eigenvalue weighted by molar-refractivity contribution is 6.31. The molecule has 2 aromatic rings. The molecule has 0 saturated carbocycles. The maximum Gasteiger partial charge on any atom is 0.258 e. The molecular formula is C17H19ClN2O. The highest BCUT2D eigenvalue weighted by atomic mass is 35.5. The number of hydrogen-bond acceptors (Lipinski definition) is 2. The fourth-order valence-electron chi connectivity index (χ4n) is 2.26. The van der Waals surface area contributed by atoms with Crippen molar-refractivity contribution in [3.63, 3.8) is 0 Å². The first-order chi connectivity index (χ1) is 10.0. The molecule has 2 aromatic carbocycles. The van der Waals surface area contributed by atoms with Crippen molar-refractivity contribution in [3.05, 3.63) is 58.6 Å². The van der Waals surface area contributed by atoms with Gasteiger partial charge in [0, 0.05) is 17.1 Å². The smallest absolute Gasteiger partial charge is 0.258 e. The summed E-state index contributed by atoms with van der Waals surface area (Å²) in [5.74, 6) is -0.0743. The Morgan fingerprint density at radius 3 is 2.62 bits per heavy atom. The molecule has 0 aliphatic rings. The van der Waals surface area contributed by atoms with Crippen LogP contribution < -0.4 is 10.6 Å². The molecule has 3 nitrogen and oxygen atoms in total. The van der Waals surface area contributed by atoms with E-state index in [0.29, 0.717) is 22.8 Å². The second-order valence-corrected chi connectivity index (χ2v) is 5.41. The number of para-hydroxylation sites is 2. The van der Waals surface area contributed by atoms with Gasteiger partial charge in [0.2, 0.25) is 0 Å². The summed E-state index contributed by atoms with van der Waals surface area (Å²) in [4.78, 5) is 14.6. The van der Waals surface area contributed by atoms with Crippen LogP contribution in [-0.2, 0) is 0 Å². The first-order valence-electron chi connectivity index (χ1n) is 6.97. The molecule has 0 unspecified atom stereocenters. The normalized spacial score (nSPS) is 10.4. The fraction of sp³-hybridized carbons (Fsp3) is 0.235. The second-order valence-electron chi connectivity index (χ2n) is 4.97. The van der Waals surface area contributed by atoms with Crippen LogP contribution in [0.25, 0.3) is 0 Å². The number of nitrogens with two attached hydrogens (primary N) is 1. The molecule has 0 fully saturated rings. The van der Waals surface area contributed by atoms with E-state index in [4.69, 9.17) is 17.3 Å². The molecular weight excluding hydrogens is 284 g/mol. The molecule has 0 aromatic heterocycles. The lowest BCUT2D eigenvalue weighted by Gasteiger charge is -2.24. The van der Waals surface area contributed by atoms with E-state index in [1.165, 1.54) is 0 Å². The lowest BCUT2D eigenvalue weighted by molar-refractivity contribution is 0.0986. The lowest BCUT2D eigenvalue weighted by Crippen LogP contribution is -2.32. The number of benzene rings is 2. The van der Waals surface area contributed by atoms with E-state index in [9.17, 15) is 4.79 Å². The Bertz CT molecular complexity index is 655. The Balaban J connectivity index is 2.45. The molecule has 0 aliphatic carbocycles. The molecule has 0 radical (unpaired) electrons. The first-order valence-corrected chi connectivity index (χ1v) is 7.35. The first kappa shape index (κ1) is 15.4. The van der Waals surface area contributed by atoms with Crippen LogP contribution in [0.1, 0.15) is 29.3 Å². The van der Waals surface area contributed by atoms with Crippen LogP contribution >= 0.6 is 11.6 Å². The third-order valence-corrected chi connectivity index (χ3v) is 3.59. The fourth-order valence-corrected chi connectivity index (χ4v) is 2.43. The number of rotatable bonds is 4. The molecule has 2 rings (SSSR count). The molecule has 0 spiro atoms. The minimum absolute atomic E-state index is 0.0743. The maximum absolute atomic E-state index is 12.9. The third-order valence-electron chi connectivity index (χ3n) is 3.35. The van der Waals surface area contributed by atoms with Gasteiger partial charge in [-0.3, -0.25) is 4.79 Å². The van der Waals surface area contributed by atoms with Gasteiger partial charge in [0.05, 0.1) is 11.4 Å². The topological polar surface area (TPSA) is 46.3 Å². The van der Waals surface area contributed by atoms with Crippen LogP contribution in [-0.4, -0.2) is 12.5 Å². The Kier molecular flexibility index (Phi) is 4.86. The van der Waals surface area contributed by atoms with E-state index in [1.807, 2.05) is 38.1 Å². The molecule has 0 aliphatic heterocycles. The van der Waals surface area contributed by atoms with Crippen LogP contribution in [0.5, 0.6) is 0 Å². The van der Waals surface area contributed by atoms with Gasteiger partial charge in [-0.2, -0.15) is 0 Å².